The largest absolute Gasteiger partial charge is 0.329 e. The first-order valence-corrected chi connectivity index (χ1v) is 5.19. The maximum Gasteiger partial charge on any atom is 0.278 e. The van der Waals surface area contributed by atoms with Crippen LogP contribution in [0.25, 0.3) is 0 Å². The molecule has 2 heterocycles. The van der Waals surface area contributed by atoms with Crippen molar-refractivity contribution in [3.63, 3.8) is 0 Å². The maximum absolute atomic E-state index is 11.2. The van der Waals surface area contributed by atoms with Gasteiger partial charge in [0.05, 0.1) is 0 Å². The summed E-state index contributed by atoms with van der Waals surface area (Å²) in [6.07, 6.45) is 1.42. The van der Waals surface area contributed by atoms with E-state index in [9.17, 15) is 4.79 Å². The number of nitrogens with one attached hydrogen (secondary N) is 2. The Morgan fingerprint density at radius 1 is 1.56 bits per heavy atom. The Hall–Kier alpha value is -2.20. The van der Waals surface area contributed by atoms with Gasteiger partial charge in [0.2, 0.25) is 0 Å². The fraction of sp³-hybridized carbons (Fsp3) is 0.111. The van der Waals surface area contributed by atoms with Crippen molar-refractivity contribution in [2.24, 2.45) is 0 Å². The van der Waals surface area contributed by atoms with E-state index in [0.717, 1.165) is 17.2 Å². The van der Waals surface area contributed by atoms with Crippen molar-refractivity contribution in [2.75, 3.05) is 5.32 Å². The molecule has 2 aromatic rings. The van der Waals surface area contributed by atoms with Crippen molar-refractivity contribution < 1.29 is 0 Å². The Kier molecular flexibility index (Phi) is 2.66. The molecule has 0 aliphatic carbocycles. The summed E-state index contributed by atoms with van der Waals surface area (Å²) in [5, 5.41) is 12.1. The highest BCUT2D eigenvalue weighted by molar-refractivity contribution is 7.10. The maximum atomic E-state index is 11.2. The number of hydrogen-bond acceptors (Lipinski definition) is 6. The minimum absolute atomic E-state index is 0.0706. The third-order valence-corrected chi connectivity index (χ3v) is 2.65. The molecule has 0 fully saturated rings. The molecular formula is C9H7N5OS. The lowest BCUT2D eigenvalue weighted by Gasteiger charge is -2.01. The molecule has 0 amide bonds. The van der Waals surface area contributed by atoms with Gasteiger partial charge in [-0.05, 0) is 18.5 Å². The summed E-state index contributed by atoms with van der Waals surface area (Å²) in [7, 11) is 0. The molecule has 0 unspecified atom stereocenters. The van der Waals surface area contributed by atoms with Gasteiger partial charge in [-0.25, -0.2) is 9.97 Å². The number of hydrogen-bond donors (Lipinski definition) is 2. The Morgan fingerprint density at radius 3 is 3.06 bits per heavy atom. The molecule has 0 saturated carbocycles. The van der Waals surface area contributed by atoms with Gasteiger partial charge in [0.15, 0.2) is 5.56 Å². The van der Waals surface area contributed by atoms with Crippen molar-refractivity contribution in [1.29, 1.82) is 5.26 Å². The van der Waals surface area contributed by atoms with Crippen molar-refractivity contribution in [2.45, 2.75) is 6.92 Å². The van der Waals surface area contributed by atoms with Crippen LogP contribution >= 0.6 is 11.5 Å². The normalized spacial score (nSPS) is 9.75. The van der Waals surface area contributed by atoms with Crippen molar-refractivity contribution in [3.8, 4) is 6.07 Å². The number of aromatic nitrogens is 3. The summed E-state index contributed by atoms with van der Waals surface area (Å²) in [6, 6.07) is 3.57. The van der Waals surface area contributed by atoms with Crippen LogP contribution in [0, 0.1) is 18.3 Å². The Labute approximate surface area is 94.8 Å². The predicted octanol–water partition coefficient (Wildman–Crippen LogP) is 1.15. The van der Waals surface area contributed by atoms with Gasteiger partial charge in [-0.15, -0.1) is 0 Å². The van der Waals surface area contributed by atoms with E-state index in [4.69, 9.17) is 5.26 Å². The average Bonchev–Trinajstić information content (AvgIpc) is 2.59. The van der Waals surface area contributed by atoms with Gasteiger partial charge in [0.25, 0.3) is 5.56 Å². The van der Waals surface area contributed by atoms with Crippen molar-refractivity contribution in [3.05, 3.63) is 34.0 Å². The zero-order valence-corrected chi connectivity index (χ0v) is 9.13. The van der Waals surface area contributed by atoms with E-state index >= 15 is 0 Å². The van der Waals surface area contributed by atoms with Gasteiger partial charge in [-0.3, -0.25) is 9.17 Å². The van der Waals surface area contributed by atoms with Crippen LogP contribution in [0.4, 0.5) is 10.8 Å². The average molecular weight is 233 g/mol. The van der Waals surface area contributed by atoms with E-state index < -0.39 is 0 Å². The molecule has 2 N–H and O–H groups in total. The molecule has 0 radical (unpaired) electrons. The Morgan fingerprint density at radius 2 is 2.38 bits per heavy atom. The number of nitrogens with zero attached hydrogens (tertiary/aromatic N) is 3. The summed E-state index contributed by atoms with van der Waals surface area (Å²) in [4.78, 5) is 19.1. The lowest BCUT2D eigenvalue weighted by Crippen LogP contribution is -2.03. The van der Waals surface area contributed by atoms with Crippen LogP contribution in [0.2, 0.25) is 0 Å². The molecule has 0 spiro atoms. The van der Waals surface area contributed by atoms with Gasteiger partial charge < -0.3 is 5.32 Å². The second-order valence-corrected chi connectivity index (χ2v) is 3.84. The van der Waals surface area contributed by atoms with E-state index in [2.05, 4.69) is 19.7 Å². The van der Waals surface area contributed by atoms with Crippen LogP contribution < -0.4 is 10.9 Å². The number of aryl methyl sites for hydroxylation is 1. The van der Waals surface area contributed by atoms with Crippen LogP contribution in [-0.2, 0) is 0 Å². The van der Waals surface area contributed by atoms with Gasteiger partial charge in [0, 0.05) is 11.8 Å². The van der Waals surface area contributed by atoms with Crippen molar-refractivity contribution in [1.82, 2.24) is 14.3 Å². The van der Waals surface area contributed by atoms with Gasteiger partial charge in [-0.2, -0.15) is 5.26 Å². The molecule has 2 rings (SSSR count). The smallest absolute Gasteiger partial charge is 0.278 e. The SMILES string of the molecule is Cc1cc(Nc2s[nH]c(=O)c2C#N)ncn1. The Balaban J connectivity index is 2.35. The minimum Gasteiger partial charge on any atom is -0.329 e. The van der Waals surface area contributed by atoms with Crippen LogP contribution in [-0.4, -0.2) is 14.3 Å². The molecule has 0 aliphatic rings. The topological polar surface area (TPSA) is 94.5 Å². The molecule has 2 aromatic heterocycles. The van der Waals surface area contributed by atoms with E-state index in [0.29, 0.717) is 10.8 Å². The first-order chi connectivity index (χ1) is 7.70. The molecule has 80 valence electrons. The van der Waals surface area contributed by atoms with E-state index in [1.54, 1.807) is 6.07 Å². The van der Waals surface area contributed by atoms with Gasteiger partial charge in [-0.1, -0.05) is 0 Å². The predicted molar refractivity (Wildman–Crippen MR) is 59.7 cm³/mol. The van der Waals surface area contributed by atoms with E-state index in [1.807, 2.05) is 13.0 Å². The lowest BCUT2D eigenvalue weighted by atomic mass is 10.3. The molecule has 6 nitrogen and oxygen atoms in total. The number of H-pyrrole nitrogens is 1. The van der Waals surface area contributed by atoms with Crippen LogP contribution in [0.3, 0.4) is 0 Å². The monoisotopic (exact) mass is 233 g/mol. The second kappa shape index (κ2) is 4.12. The van der Waals surface area contributed by atoms with Crippen molar-refractivity contribution >= 4 is 22.4 Å². The fourth-order valence-corrected chi connectivity index (χ4v) is 1.82. The second-order valence-electron chi connectivity index (χ2n) is 3.02. The molecule has 0 atom stereocenters. The molecule has 0 bridgehead atoms. The molecule has 7 heteroatoms. The summed E-state index contributed by atoms with van der Waals surface area (Å²) in [6.45, 7) is 1.83. The number of rotatable bonds is 2. The summed E-state index contributed by atoms with van der Waals surface area (Å²) in [5.41, 5.74) is 0.487. The third-order valence-electron chi connectivity index (χ3n) is 1.86. The summed E-state index contributed by atoms with van der Waals surface area (Å²) < 4.78 is 2.48. The zero-order chi connectivity index (χ0) is 11.5. The Bertz CT molecular complexity index is 609. The quantitative estimate of drug-likeness (QED) is 0.811. The minimum atomic E-state index is -0.388. The number of nitriles is 1. The highest BCUT2D eigenvalue weighted by Gasteiger charge is 2.10. The van der Waals surface area contributed by atoms with Crippen LogP contribution in [0.15, 0.2) is 17.2 Å². The molecular weight excluding hydrogens is 226 g/mol. The van der Waals surface area contributed by atoms with Gasteiger partial charge in [0.1, 0.15) is 23.2 Å². The standard InChI is InChI=1S/C9H7N5OS/c1-5-2-7(12-4-11-5)13-9-6(3-10)8(15)14-16-9/h2,4H,1H3,(H,14,15)(H,11,12,13). The summed E-state index contributed by atoms with van der Waals surface area (Å²) >= 11 is 1.07. The third kappa shape index (κ3) is 1.92. The van der Waals surface area contributed by atoms with Crippen LogP contribution in [0.1, 0.15) is 11.3 Å². The summed E-state index contributed by atoms with van der Waals surface area (Å²) in [5.74, 6) is 0.555. The molecule has 16 heavy (non-hydrogen) atoms. The lowest BCUT2D eigenvalue weighted by molar-refractivity contribution is 1.10. The molecule has 0 aromatic carbocycles. The zero-order valence-electron chi connectivity index (χ0n) is 8.31. The highest BCUT2D eigenvalue weighted by Crippen LogP contribution is 2.20. The fourth-order valence-electron chi connectivity index (χ4n) is 1.13. The first-order valence-electron chi connectivity index (χ1n) is 4.38. The van der Waals surface area contributed by atoms with E-state index in [1.165, 1.54) is 6.33 Å². The number of anilines is 2. The van der Waals surface area contributed by atoms with Crippen LogP contribution in [0.5, 0.6) is 0 Å². The highest BCUT2D eigenvalue weighted by atomic mass is 32.1. The first kappa shape index (κ1) is 10.3. The van der Waals surface area contributed by atoms with Gasteiger partial charge >= 0.3 is 0 Å². The number of aromatic amines is 1. The molecule has 0 saturated heterocycles. The van der Waals surface area contributed by atoms with E-state index in [-0.39, 0.29) is 11.1 Å². The molecule has 0 aliphatic heterocycles.